The molecule has 0 radical (unpaired) electrons. The molecule has 3 unspecified atom stereocenters. The molecule has 6 nitrogen and oxygen atoms in total. The fourth-order valence-electron chi connectivity index (χ4n) is 4.05. The zero-order valence-corrected chi connectivity index (χ0v) is 17.7. The maximum atomic E-state index is 12.0. The van der Waals surface area contributed by atoms with E-state index in [0.29, 0.717) is 18.9 Å². The summed E-state index contributed by atoms with van der Waals surface area (Å²) in [4.78, 5) is 24.0. The molecule has 0 aromatic heterocycles. The molecule has 0 heterocycles. The summed E-state index contributed by atoms with van der Waals surface area (Å²) in [5, 5.41) is 0. The molecular formula is C22H38O6. The van der Waals surface area contributed by atoms with E-state index in [1.807, 2.05) is 0 Å². The van der Waals surface area contributed by atoms with Gasteiger partial charge in [0.25, 0.3) is 0 Å². The molecule has 0 N–H and O–H groups in total. The van der Waals surface area contributed by atoms with E-state index in [1.165, 1.54) is 6.42 Å². The Morgan fingerprint density at radius 1 is 0.821 bits per heavy atom. The Hall–Kier alpha value is -1.46. The third kappa shape index (κ3) is 8.70. The van der Waals surface area contributed by atoms with Crippen LogP contribution in [0.2, 0.25) is 0 Å². The van der Waals surface area contributed by atoms with Gasteiger partial charge in [0.1, 0.15) is 18.3 Å². The summed E-state index contributed by atoms with van der Waals surface area (Å²) in [6, 6.07) is 0. The lowest BCUT2D eigenvalue weighted by Gasteiger charge is -2.29. The van der Waals surface area contributed by atoms with Crippen molar-refractivity contribution in [3.05, 3.63) is 0 Å². The Balaban J connectivity index is 1.65. The molecule has 0 aromatic carbocycles. The Morgan fingerprint density at radius 2 is 1.43 bits per heavy atom. The Morgan fingerprint density at radius 3 is 2.07 bits per heavy atom. The SMILES string of the molecule is CCCCC(CC)COC(=O)OC1CCCC(OC(=O)OC2CCCCC2)C1. The van der Waals surface area contributed by atoms with Gasteiger partial charge in [-0.15, -0.1) is 0 Å². The second-order valence-electron chi connectivity index (χ2n) is 8.25. The number of rotatable bonds is 9. The summed E-state index contributed by atoms with van der Waals surface area (Å²) in [6.07, 6.45) is 10.9. The van der Waals surface area contributed by atoms with Crippen molar-refractivity contribution in [3.63, 3.8) is 0 Å². The third-order valence-electron chi connectivity index (χ3n) is 5.90. The van der Waals surface area contributed by atoms with E-state index in [4.69, 9.17) is 18.9 Å². The summed E-state index contributed by atoms with van der Waals surface area (Å²) in [7, 11) is 0. The van der Waals surface area contributed by atoms with E-state index in [1.54, 1.807) is 0 Å². The lowest BCUT2D eigenvalue weighted by Crippen LogP contribution is -2.33. The van der Waals surface area contributed by atoms with Crippen molar-refractivity contribution in [1.29, 1.82) is 0 Å². The first-order valence-electron chi connectivity index (χ1n) is 11.3. The van der Waals surface area contributed by atoms with Gasteiger partial charge in [-0.1, -0.05) is 39.5 Å². The van der Waals surface area contributed by atoms with E-state index in [9.17, 15) is 9.59 Å². The van der Waals surface area contributed by atoms with Crippen LogP contribution in [0.3, 0.4) is 0 Å². The predicted molar refractivity (Wildman–Crippen MR) is 106 cm³/mol. The van der Waals surface area contributed by atoms with Gasteiger partial charge in [0.05, 0.1) is 6.61 Å². The van der Waals surface area contributed by atoms with Crippen LogP contribution < -0.4 is 0 Å². The molecule has 0 saturated heterocycles. The molecule has 2 saturated carbocycles. The van der Waals surface area contributed by atoms with E-state index in [0.717, 1.165) is 70.6 Å². The van der Waals surface area contributed by atoms with Crippen LogP contribution >= 0.6 is 0 Å². The molecule has 2 rings (SSSR count). The van der Waals surface area contributed by atoms with E-state index >= 15 is 0 Å². The highest BCUT2D eigenvalue weighted by molar-refractivity contribution is 5.61. The summed E-state index contributed by atoms with van der Waals surface area (Å²) < 4.78 is 21.7. The molecule has 3 atom stereocenters. The Bertz CT molecular complexity index is 460. The summed E-state index contributed by atoms with van der Waals surface area (Å²) in [5.74, 6) is 0.393. The van der Waals surface area contributed by atoms with Crippen LogP contribution in [0.1, 0.15) is 97.3 Å². The molecule has 0 aliphatic heterocycles. The first-order valence-corrected chi connectivity index (χ1v) is 11.3. The van der Waals surface area contributed by atoms with Crippen LogP contribution in [0, 0.1) is 5.92 Å². The topological polar surface area (TPSA) is 71.1 Å². The van der Waals surface area contributed by atoms with Crippen molar-refractivity contribution in [1.82, 2.24) is 0 Å². The number of unbranched alkanes of at least 4 members (excludes halogenated alkanes) is 1. The average molecular weight is 399 g/mol. The average Bonchev–Trinajstić information content (AvgIpc) is 2.69. The minimum Gasteiger partial charge on any atom is -0.434 e. The molecule has 0 aromatic rings. The van der Waals surface area contributed by atoms with Crippen LogP contribution in [0.25, 0.3) is 0 Å². The maximum Gasteiger partial charge on any atom is 0.508 e. The van der Waals surface area contributed by atoms with Crippen LogP contribution in [-0.4, -0.2) is 37.2 Å². The van der Waals surface area contributed by atoms with Crippen molar-refractivity contribution in [3.8, 4) is 0 Å². The van der Waals surface area contributed by atoms with E-state index in [2.05, 4.69) is 13.8 Å². The van der Waals surface area contributed by atoms with Crippen molar-refractivity contribution < 1.29 is 28.5 Å². The molecule has 0 bridgehead atoms. The van der Waals surface area contributed by atoms with Gasteiger partial charge in [-0.2, -0.15) is 0 Å². The molecule has 2 fully saturated rings. The van der Waals surface area contributed by atoms with E-state index < -0.39 is 12.3 Å². The summed E-state index contributed by atoms with van der Waals surface area (Å²) >= 11 is 0. The summed E-state index contributed by atoms with van der Waals surface area (Å²) in [6.45, 7) is 4.69. The first-order chi connectivity index (χ1) is 13.6. The fourth-order valence-corrected chi connectivity index (χ4v) is 4.05. The zero-order chi connectivity index (χ0) is 20.2. The quantitative estimate of drug-likeness (QED) is 0.434. The molecular weight excluding hydrogens is 360 g/mol. The van der Waals surface area contributed by atoms with Crippen molar-refractivity contribution >= 4 is 12.3 Å². The van der Waals surface area contributed by atoms with Gasteiger partial charge < -0.3 is 18.9 Å². The Labute approximate surface area is 169 Å². The van der Waals surface area contributed by atoms with Crippen LogP contribution in [0.5, 0.6) is 0 Å². The fraction of sp³-hybridized carbons (Fsp3) is 0.909. The van der Waals surface area contributed by atoms with Gasteiger partial charge in [-0.3, -0.25) is 0 Å². The Kier molecular flexibility index (Phi) is 10.5. The second-order valence-corrected chi connectivity index (χ2v) is 8.25. The molecule has 2 aliphatic rings. The summed E-state index contributed by atoms with van der Waals surface area (Å²) in [5.41, 5.74) is 0. The highest BCUT2D eigenvalue weighted by Gasteiger charge is 2.29. The van der Waals surface area contributed by atoms with Gasteiger partial charge in [-0.05, 0) is 57.3 Å². The smallest absolute Gasteiger partial charge is 0.434 e. The van der Waals surface area contributed by atoms with Gasteiger partial charge in [0.2, 0.25) is 0 Å². The van der Waals surface area contributed by atoms with Crippen molar-refractivity contribution in [2.24, 2.45) is 5.92 Å². The lowest BCUT2D eigenvalue weighted by atomic mass is 9.95. The normalized spacial score (nSPS) is 24.2. The monoisotopic (exact) mass is 398 g/mol. The molecule has 0 spiro atoms. The van der Waals surface area contributed by atoms with Crippen LogP contribution in [0.4, 0.5) is 9.59 Å². The molecule has 2 aliphatic carbocycles. The highest BCUT2D eigenvalue weighted by atomic mass is 16.7. The highest BCUT2D eigenvalue weighted by Crippen LogP contribution is 2.26. The minimum absolute atomic E-state index is 0.00825. The largest absolute Gasteiger partial charge is 0.508 e. The van der Waals surface area contributed by atoms with Crippen molar-refractivity contribution in [2.45, 2.75) is 116 Å². The van der Waals surface area contributed by atoms with E-state index in [-0.39, 0.29) is 18.3 Å². The maximum absolute atomic E-state index is 12.0. The zero-order valence-electron chi connectivity index (χ0n) is 17.7. The number of carbonyl (C=O) groups is 2. The van der Waals surface area contributed by atoms with Crippen LogP contribution in [-0.2, 0) is 18.9 Å². The standard InChI is InChI=1S/C22H38O6/c1-3-5-10-17(4-2)16-25-21(23)27-19-13-9-14-20(15-19)28-22(24)26-18-11-7-6-8-12-18/h17-20H,3-16H2,1-2H3. The lowest BCUT2D eigenvalue weighted by molar-refractivity contribution is -0.0482. The van der Waals surface area contributed by atoms with Crippen LogP contribution in [0.15, 0.2) is 0 Å². The van der Waals surface area contributed by atoms with Gasteiger partial charge in [0, 0.05) is 6.42 Å². The number of ether oxygens (including phenoxy) is 4. The molecule has 6 heteroatoms. The predicted octanol–water partition coefficient (Wildman–Crippen LogP) is 6.15. The molecule has 28 heavy (non-hydrogen) atoms. The number of carbonyl (C=O) groups excluding carboxylic acids is 2. The first kappa shape index (κ1) is 22.8. The number of hydrogen-bond donors (Lipinski definition) is 0. The van der Waals surface area contributed by atoms with Gasteiger partial charge >= 0.3 is 12.3 Å². The minimum atomic E-state index is -0.606. The van der Waals surface area contributed by atoms with Gasteiger partial charge in [0.15, 0.2) is 0 Å². The molecule has 162 valence electrons. The third-order valence-corrected chi connectivity index (χ3v) is 5.90. The second kappa shape index (κ2) is 12.9. The number of hydrogen-bond acceptors (Lipinski definition) is 6. The van der Waals surface area contributed by atoms with Crippen molar-refractivity contribution in [2.75, 3.05) is 6.61 Å². The molecule has 0 amide bonds. The van der Waals surface area contributed by atoms with Gasteiger partial charge in [-0.25, -0.2) is 9.59 Å².